The highest BCUT2D eigenvalue weighted by Crippen LogP contribution is 2.26. The molecule has 2 rings (SSSR count). The quantitative estimate of drug-likeness (QED) is 0.855. The third-order valence-electron chi connectivity index (χ3n) is 3.18. The molecule has 0 bridgehead atoms. The van der Waals surface area contributed by atoms with Gasteiger partial charge in [-0.05, 0) is 42.3 Å². The molecule has 1 N–H and O–H groups in total. The zero-order valence-electron chi connectivity index (χ0n) is 12.5. The lowest BCUT2D eigenvalue weighted by Gasteiger charge is -2.12. The average molecular weight is 285 g/mol. The van der Waals surface area contributed by atoms with Gasteiger partial charge < -0.3 is 14.8 Å². The molecule has 110 valence electrons. The summed E-state index contributed by atoms with van der Waals surface area (Å²) in [6.07, 6.45) is 0. The molecule has 0 saturated heterocycles. The van der Waals surface area contributed by atoms with Crippen molar-refractivity contribution in [3.63, 3.8) is 0 Å². The van der Waals surface area contributed by atoms with Gasteiger partial charge in [0.1, 0.15) is 12.4 Å². The molecule has 4 nitrogen and oxygen atoms in total. The van der Waals surface area contributed by atoms with Crippen molar-refractivity contribution in [2.75, 3.05) is 19.5 Å². The van der Waals surface area contributed by atoms with E-state index < -0.39 is 0 Å². The number of carbonyl (C=O) groups is 1. The Bertz CT molecular complexity index is 620. The zero-order chi connectivity index (χ0) is 15.2. The van der Waals surface area contributed by atoms with E-state index in [0.29, 0.717) is 12.2 Å². The first-order valence-corrected chi connectivity index (χ1v) is 6.72. The number of aryl methyl sites for hydroxylation is 1. The average Bonchev–Trinajstić information content (AvgIpc) is 2.52. The fraction of sp³-hybridized carbons (Fsp3) is 0.235. The number of nitrogens with one attached hydrogen (secondary N) is 1. The second kappa shape index (κ2) is 6.79. The molecule has 0 unspecified atom stereocenters. The summed E-state index contributed by atoms with van der Waals surface area (Å²) >= 11 is 0. The molecule has 4 heteroatoms. The summed E-state index contributed by atoms with van der Waals surface area (Å²) in [5.41, 5.74) is 3.62. The Hall–Kier alpha value is -2.49. The summed E-state index contributed by atoms with van der Waals surface area (Å²) in [6.45, 7) is 2.47. The first-order valence-electron chi connectivity index (χ1n) is 6.72. The van der Waals surface area contributed by atoms with Crippen LogP contribution in [0.2, 0.25) is 0 Å². The number of benzene rings is 2. The van der Waals surface area contributed by atoms with Crippen molar-refractivity contribution >= 4 is 11.7 Å². The van der Waals surface area contributed by atoms with Crippen LogP contribution < -0.4 is 10.1 Å². The van der Waals surface area contributed by atoms with E-state index in [1.165, 1.54) is 7.11 Å². The second-order valence-electron chi connectivity index (χ2n) is 4.73. The Labute approximate surface area is 124 Å². The van der Waals surface area contributed by atoms with Crippen molar-refractivity contribution < 1.29 is 14.3 Å². The van der Waals surface area contributed by atoms with Gasteiger partial charge in [-0.2, -0.15) is 0 Å². The fourth-order valence-electron chi connectivity index (χ4n) is 1.97. The van der Waals surface area contributed by atoms with Crippen LogP contribution in [0.4, 0.5) is 5.69 Å². The van der Waals surface area contributed by atoms with Crippen molar-refractivity contribution in [2.45, 2.75) is 13.5 Å². The number of anilines is 1. The number of rotatable bonds is 5. The van der Waals surface area contributed by atoms with Gasteiger partial charge in [0.2, 0.25) is 0 Å². The Morgan fingerprint density at radius 1 is 1.14 bits per heavy atom. The van der Waals surface area contributed by atoms with E-state index in [4.69, 9.17) is 4.74 Å². The van der Waals surface area contributed by atoms with Crippen molar-refractivity contribution in [3.05, 3.63) is 59.2 Å². The second-order valence-corrected chi connectivity index (χ2v) is 4.73. The van der Waals surface area contributed by atoms with Gasteiger partial charge in [0.25, 0.3) is 0 Å². The third-order valence-corrected chi connectivity index (χ3v) is 3.18. The van der Waals surface area contributed by atoms with Crippen LogP contribution >= 0.6 is 0 Å². The lowest BCUT2D eigenvalue weighted by Crippen LogP contribution is -2.02. The summed E-state index contributed by atoms with van der Waals surface area (Å²) in [5, 5.41) is 3.10. The van der Waals surface area contributed by atoms with Crippen molar-refractivity contribution in [3.8, 4) is 5.75 Å². The molecule has 0 saturated carbocycles. The molecule has 0 heterocycles. The summed E-state index contributed by atoms with van der Waals surface area (Å²) < 4.78 is 10.5. The van der Waals surface area contributed by atoms with Crippen LogP contribution in [0, 0.1) is 6.92 Å². The normalized spacial score (nSPS) is 10.0. The van der Waals surface area contributed by atoms with Gasteiger partial charge in [0.15, 0.2) is 0 Å². The molecule has 21 heavy (non-hydrogen) atoms. The molecule has 0 atom stereocenters. The maximum absolute atomic E-state index is 11.4. The first kappa shape index (κ1) is 14.9. The van der Waals surface area contributed by atoms with E-state index in [-0.39, 0.29) is 5.97 Å². The molecule has 0 amide bonds. The first-order chi connectivity index (χ1) is 10.1. The van der Waals surface area contributed by atoms with E-state index in [0.717, 1.165) is 22.6 Å². The number of hydrogen-bond donors (Lipinski definition) is 1. The molecular formula is C17H19NO3. The van der Waals surface area contributed by atoms with Crippen LogP contribution in [0.1, 0.15) is 21.5 Å². The Kier molecular flexibility index (Phi) is 4.82. The third kappa shape index (κ3) is 3.75. The maximum atomic E-state index is 11.4. The summed E-state index contributed by atoms with van der Waals surface area (Å²) in [4.78, 5) is 11.4. The standard InChI is InChI=1S/C17H19NO3/c1-12-4-9-15(18-2)16(10-12)21-11-13-5-7-14(8-6-13)17(19)20-3/h4-10,18H,11H2,1-3H3. The van der Waals surface area contributed by atoms with Crippen LogP contribution in [-0.4, -0.2) is 20.1 Å². The predicted molar refractivity (Wildman–Crippen MR) is 82.8 cm³/mol. The van der Waals surface area contributed by atoms with Crippen LogP contribution in [0.3, 0.4) is 0 Å². The highest BCUT2D eigenvalue weighted by atomic mass is 16.5. The predicted octanol–water partition coefficient (Wildman–Crippen LogP) is 3.40. The minimum absolute atomic E-state index is 0.335. The van der Waals surface area contributed by atoms with E-state index in [1.807, 2.05) is 44.3 Å². The Morgan fingerprint density at radius 2 is 1.86 bits per heavy atom. The fourth-order valence-corrected chi connectivity index (χ4v) is 1.97. The van der Waals surface area contributed by atoms with Gasteiger partial charge in [-0.25, -0.2) is 4.79 Å². The van der Waals surface area contributed by atoms with Crippen LogP contribution in [0.25, 0.3) is 0 Å². The Morgan fingerprint density at radius 3 is 2.48 bits per heavy atom. The lowest BCUT2D eigenvalue weighted by atomic mass is 10.1. The molecule has 0 radical (unpaired) electrons. The molecular weight excluding hydrogens is 266 g/mol. The summed E-state index contributed by atoms with van der Waals surface area (Å²) in [7, 11) is 3.24. The molecule has 2 aromatic carbocycles. The topological polar surface area (TPSA) is 47.6 Å². The largest absolute Gasteiger partial charge is 0.487 e. The van der Waals surface area contributed by atoms with Crippen LogP contribution in [0.5, 0.6) is 5.75 Å². The van der Waals surface area contributed by atoms with Crippen LogP contribution in [0.15, 0.2) is 42.5 Å². The number of carbonyl (C=O) groups excluding carboxylic acids is 1. The van der Waals surface area contributed by atoms with Gasteiger partial charge in [0.05, 0.1) is 18.4 Å². The van der Waals surface area contributed by atoms with E-state index >= 15 is 0 Å². The monoisotopic (exact) mass is 285 g/mol. The minimum Gasteiger partial charge on any atom is -0.487 e. The smallest absolute Gasteiger partial charge is 0.337 e. The number of esters is 1. The number of ether oxygens (including phenoxy) is 2. The van der Waals surface area contributed by atoms with Gasteiger partial charge in [-0.1, -0.05) is 18.2 Å². The summed E-state index contributed by atoms with van der Waals surface area (Å²) in [6, 6.07) is 13.2. The molecule has 0 aliphatic carbocycles. The number of hydrogen-bond acceptors (Lipinski definition) is 4. The molecule has 0 aliphatic heterocycles. The minimum atomic E-state index is -0.335. The molecule has 0 aliphatic rings. The molecule has 0 spiro atoms. The van der Waals surface area contributed by atoms with Gasteiger partial charge in [0, 0.05) is 7.05 Å². The molecule has 0 aromatic heterocycles. The van der Waals surface area contributed by atoms with E-state index in [1.54, 1.807) is 12.1 Å². The Balaban J connectivity index is 2.06. The van der Waals surface area contributed by atoms with E-state index in [2.05, 4.69) is 10.1 Å². The number of methoxy groups -OCH3 is 1. The van der Waals surface area contributed by atoms with E-state index in [9.17, 15) is 4.79 Å². The SMILES string of the molecule is CNc1ccc(C)cc1OCc1ccc(C(=O)OC)cc1. The molecule has 0 fully saturated rings. The van der Waals surface area contributed by atoms with Crippen molar-refractivity contribution in [2.24, 2.45) is 0 Å². The zero-order valence-corrected chi connectivity index (χ0v) is 12.5. The van der Waals surface area contributed by atoms with Gasteiger partial charge in [-0.15, -0.1) is 0 Å². The lowest BCUT2D eigenvalue weighted by molar-refractivity contribution is 0.0600. The van der Waals surface area contributed by atoms with Gasteiger partial charge >= 0.3 is 5.97 Å². The highest BCUT2D eigenvalue weighted by molar-refractivity contribution is 5.89. The van der Waals surface area contributed by atoms with Crippen molar-refractivity contribution in [1.29, 1.82) is 0 Å². The van der Waals surface area contributed by atoms with Gasteiger partial charge in [-0.3, -0.25) is 0 Å². The maximum Gasteiger partial charge on any atom is 0.337 e. The van der Waals surface area contributed by atoms with Crippen LogP contribution in [-0.2, 0) is 11.3 Å². The highest BCUT2D eigenvalue weighted by Gasteiger charge is 2.06. The molecule has 2 aromatic rings. The van der Waals surface area contributed by atoms with Crippen molar-refractivity contribution in [1.82, 2.24) is 0 Å². The summed E-state index contributed by atoms with van der Waals surface area (Å²) in [5.74, 6) is 0.480.